The second-order valence-corrected chi connectivity index (χ2v) is 3.96. The summed E-state index contributed by atoms with van der Waals surface area (Å²) in [6.45, 7) is 1.31. The maximum absolute atomic E-state index is 11.1. The van der Waals surface area contributed by atoms with Crippen LogP contribution in [0.15, 0.2) is 30.3 Å². The largest absolute Gasteiger partial charge is 0.371 e. The molecule has 4 heteroatoms. The van der Waals surface area contributed by atoms with Gasteiger partial charge >= 0.3 is 0 Å². The van der Waals surface area contributed by atoms with Crippen molar-refractivity contribution in [2.45, 2.75) is 25.2 Å². The molecule has 0 radical (unpaired) electrons. The standard InChI is InChI=1S/C12H16N2O2/c13-12(15)11-10(6-7-14-11)16-8-9-4-2-1-3-5-9/h1-5,10-11,14H,6-8H2,(H2,13,15). The molecular formula is C12H16N2O2. The summed E-state index contributed by atoms with van der Waals surface area (Å²) in [7, 11) is 0. The van der Waals surface area contributed by atoms with Gasteiger partial charge in [-0.3, -0.25) is 4.79 Å². The van der Waals surface area contributed by atoms with E-state index < -0.39 is 0 Å². The number of amides is 1. The minimum Gasteiger partial charge on any atom is -0.371 e. The van der Waals surface area contributed by atoms with Gasteiger partial charge in [-0.1, -0.05) is 30.3 Å². The number of rotatable bonds is 4. The Balaban J connectivity index is 1.88. The van der Waals surface area contributed by atoms with Gasteiger partial charge < -0.3 is 15.8 Å². The van der Waals surface area contributed by atoms with E-state index in [1.807, 2.05) is 30.3 Å². The summed E-state index contributed by atoms with van der Waals surface area (Å²) in [4.78, 5) is 11.1. The third-order valence-corrected chi connectivity index (χ3v) is 2.78. The number of hydrogen-bond donors (Lipinski definition) is 2. The molecule has 0 spiro atoms. The molecule has 1 aromatic rings. The first-order valence-electron chi connectivity index (χ1n) is 5.45. The molecular weight excluding hydrogens is 204 g/mol. The second-order valence-electron chi connectivity index (χ2n) is 3.96. The summed E-state index contributed by atoms with van der Waals surface area (Å²) < 4.78 is 5.70. The van der Waals surface area contributed by atoms with Crippen LogP contribution < -0.4 is 11.1 Å². The predicted molar refractivity (Wildman–Crippen MR) is 60.6 cm³/mol. The lowest BCUT2D eigenvalue weighted by molar-refractivity contribution is -0.122. The molecule has 1 heterocycles. The number of primary amides is 1. The van der Waals surface area contributed by atoms with Gasteiger partial charge in [0.15, 0.2) is 0 Å². The zero-order chi connectivity index (χ0) is 11.4. The van der Waals surface area contributed by atoms with Crippen molar-refractivity contribution >= 4 is 5.91 Å². The Kier molecular flexibility index (Phi) is 3.54. The molecule has 0 saturated carbocycles. The highest BCUT2D eigenvalue weighted by molar-refractivity contribution is 5.80. The van der Waals surface area contributed by atoms with Crippen molar-refractivity contribution in [3.05, 3.63) is 35.9 Å². The van der Waals surface area contributed by atoms with Crippen LogP contribution in [0.25, 0.3) is 0 Å². The van der Waals surface area contributed by atoms with Gasteiger partial charge in [-0.2, -0.15) is 0 Å². The lowest BCUT2D eigenvalue weighted by Crippen LogP contribution is -2.43. The van der Waals surface area contributed by atoms with Crippen LogP contribution in [0.5, 0.6) is 0 Å². The van der Waals surface area contributed by atoms with Crippen molar-refractivity contribution in [1.82, 2.24) is 5.32 Å². The Morgan fingerprint density at radius 3 is 2.88 bits per heavy atom. The average molecular weight is 220 g/mol. The molecule has 1 aliphatic heterocycles. The normalized spacial score (nSPS) is 24.5. The first-order valence-corrected chi connectivity index (χ1v) is 5.45. The van der Waals surface area contributed by atoms with Gasteiger partial charge in [0, 0.05) is 0 Å². The van der Waals surface area contributed by atoms with Gasteiger partial charge in [0.05, 0.1) is 12.7 Å². The second kappa shape index (κ2) is 5.09. The van der Waals surface area contributed by atoms with Crippen LogP contribution in [-0.2, 0) is 16.1 Å². The maximum Gasteiger partial charge on any atom is 0.237 e. The van der Waals surface area contributed by atoms with E-state index in [-0.39, 0.29) is 18.1 Å². The van der Waals surface area contributed by atoms with Gasteiger partial charge in [0.2, 0.25) is 5.91 Å². The molecule has 4 nitrogen and oxygen atoms in total. The van der Waals surface area contributed by atoms with E-state index in [0.29, 0.717) is 6.61 Å². The van der Waals surface area contributed by atoms with Crippen molar-refractivity contribution in [1.29, 1.82) is 0 Å². The van der Waals surface area contributed by atoms with Crippen LogP contribution in [0, 0.1) is 0 Å². The first kappa shape index (κ1) is 11.1. The molecule has 0 bridgehead atoms. The van der Waals surface area contributed by atoms with Crippen LogP contribution in [0.1, 0.15) is 12.0 Å². The topological polar surface area (TPSA) is 64.4 Å². The number of carbonyl (C=O) groups is 1. The van der Waals surface area contributed by atoms with E-state index in [1.165, 1.54) is 0 Å². The first-order chi connectivity index (χ1) is 7.77. The minimum atomic E-state index is -0.344. The summed E-state index contributed by atoms with van der Waals surface area (Å²) in [5.41, 5.74) is 6.38. The van der Waals surface area contributed by atoms with Crippen molar-refractivity contribution in [2.75, 3.05) is 6.54 Å². The SMILES string of the molecule is NC(=O)C1NCCC1OCc1ccccc1. The van der Waals surface area contributed by atoms with Crippen LogP contribution in [0.4, 0.5) is 0 Å². The summed E-state index contributed by atoms with van der Waals surface area (Å²) in [6.07, 6.45) is 0.734. The Morgan fingerprint density at radius 1 is 1.44 bits per heavy atom. The number of benzene rings is 1. The zero-order valence-electron chi connectivity index (χ0n) is 9.06. The van der Waals surface area contributed by atoms with E-state index >= 15 is 0 Å². The molecule has 1 aromatic carbocycles. The molecule has 1 fully saturated rings. The van der Waals surface area contributed by atoms with Crippen LogP contribution >= 0.6 is 0 Å². The molecule has 2 rings (SSSR count). The lowest BCUT2D eigenvalue weighted by Gasteiger charge is -2.17. The molecule has 0 aliphatic carbocycles. The molecule has 3 N–H and O–H groups in total. The van der Waals surface area contributed by atoms with Crippen molar-refractivity contribution < 1.29 is 9.53 Å². The summed E-state index contributed by atoms with van der Waals surface area (Å²) in [5.74, 6) is -0.337. The van der Waals surface area contributed by atoms with Gasteiger partial charge in [0.1, 0.15) is 6.04 Å². The highest BCUT2D eigenvalue weighted by Gasteiger charge is 2.31. The minimum absolute atomic E-state index is 0.0993. The van der Waals surface area contributed by atoms with Crippen molar-refractivity contribution in [2.24, 2.45) is 5.73 Å². The summed E-state index contributed by atoms with van der Waals surface area (Å²) in [5, 5.41) is 3.04. The fourth-order valence-electron chi connectivity index (χ4n) is 1.92. The quantitative estimate of drug-likeness (QED) is 0.773. The molecule has 1 aliphatic rings. The van der Waals surface area contributed by atoms with Gasteiger partial charge in [-0.25, -0.2) is 0 Å². The van der Waals surface area contributed by atoms with Crippen molar-refractivity contribution in [3.8, 4) is 0 Å². The number of hydrogen-bond acceptors (Lipinski definition) is 3. The fourth-order valence-corrected chi connectivity index (χ4v) is 1.92. The fraction of sp³-hybridized carbons (Fsp3) is 0.417. The van der Waals surface area contributed by atoms with Crippen LogP contribution in [-0.4, -0.2) is 24.6 Å². The lowest BCUT2D eigenvalue weighted by atomic mass is 10.1. The summed E-state index contributed by atoms with van der Waals surface area (Å²) in [6, 6.07) is 9.56. The number of nitrogens with two attached hydrogens (primary N) is 1. The third-order valence-electron chi connectivity index (χ3n) is 2.78. The van der Waals surface area contributed by atoms with E-state index in [4.69, 9.17) is 10.5 Å². The van der Waals surface area contributed by atoms with Gasteiger partial charge in [-0.05, 0) is 18.5 Å². The van der Waals surface area contributed by atoms with Gasteiger partial charge in [0.25, 0.3) is 0 Å². The van der Waals surface area contributed by atoms with E-state index in [2.05, 4.69) is 5.32 Å². The Labute approximate surface area is 94.8 Å². The van der Waals surface area contributed by atoms with E-state index in [0.717, 1.165) is 18.5 Å². The molecule has 2 unspecified atom stereocenters. The van der Waals surface area contributed by atoms with Crippen LogP contribution in [0.3, 0.4) is 0 Å². The Morgan fingerprint density at radius 2 is 2.19 bits per heavy atom. The number of carbonyl (C=O) groups excluding carboxylic acids is 1. The Bertz CT molecular complexity index is 353. The van der Waals surface area contributed by atoms with Gasteiger partial charge in [-0.15, -0.1) is 0 Å². The Hall–Kier alpha value is -1.39. The number of nitrogens with one attached hydrogen (secondary N) is 1. The van der Waals surface area contributed by atoms with E-state index in [1.54, 1.807) is 0 Å². The van der Waals surface area contributed by atoms with E-state index in [9.17, 15) is 4.79 Å². The highest BCUT2D eigenvalue weighted by atomic mass is 16.5. The molecule has 86 valence electrons. The molecule has 16 heavy (non-hydrogen) atoms. The third kappa shape index (κ3) is 2.59. The smallest absolute Gasteiger partial charge is 0.237 e. The molecule has 0 aromatic heterocycles. The maximum atomic E-state index is 11.1. The average Bonchev–Trinajstić information content (AvgIpc) is 2.76. The monoisotopic (exact) mass is 220 g/mol. The summed E-state index contributed by atoms with van der Waals surface area (Å²) >= 11 is 0. The predicted octanol–water partition coefficient (Wildman–Crippen LogP) is 0.419. The molecule has 1 amide bonds. The zero-order valence-corrected chi connectivity index (χ0v) is 9.06. The molecule has 1 saturated heterocycles. The molecule has 2 atom stereocenters. The van der Waals surface area contributed by atoms with Crippen molar-refractivity contribution in [3.63, 3.8) is 0 Å². The highest BCUT2D eigenvalue weighted by Crippen LogP contribution is 2.13. The number of ether oxygens (including phenoxy) is 1. The van der Waals surface area contributed by atoms with Crippen LogP contribution in [0.2, 0.25) is 0 Å².